The molecule has 1 aromatic heterocycles. The molecule has 25 heavy (non-hydrogen) atoms. The highest BCUT2D eigenvalue weighted by Gasteiger charge is 2.31. The molecule has 0 spiro atoms. The Morgan fingerprint density at radius 2 is 2.00 bits per heavy atom. The van der Waals surface area contributed by atoms with Gasteiger partial charge >= 0.3 is 0 Å². The lowest BCUT2D eigenvalue weighted by atomic mass is 10.2. The van der Waals surface area contributed by atoms with Crippen molar-refractivity contribution < 1.29 is 9.53 Å². The lowest BCUT2D eigenvalue weighted by Gasteiger charge is -2.11. The van der Waals surface area contributed by atoms with E-state index in [0.717, 1.165) is 12.1 Å². The molecule has 2 aromatic rings. The summed E-state index contributed by atoms with van der Waals surface area (Å²) < 4.78 is 8.85. The first-order valence-electron chi connectivity index (χ1n) is 8.03. The van der Waals surface area contributed by atoms with Crippen molar-refractivity contribution in [2.45, 2.75) is 32.0 Å². The Kier molecular flexibility index (Phi) is 6.05. The number of aromatic nitrogens is 2. The molecule has 0 unspecified atom stereocenters. The van der Waals surface area contributed by atoms with Crippen LogP contribution in [0.4, 0.5) is 5.69 Å². The zero-order chi connectivity index (χ0) is 17.3. The van der Waals surface area contributed by atoms with Crippen LogP contribution in [0, 0.1) is 6.92 Å². The van der Waals surface area contributed by atoms with E-state index in [9.17, 15) is 9.59 Å². The van der Waals surface area contributed by atoms with E-state index in [0.29, 0.717) is 18.7 Å². The second kappa shape index (κ2) is 7.86. The first-order valence-corrected chi connectivity index (χ1v) is 8.03. The summed E-state index contributed by atoms with van der Waals surface area (Å²) in [5, 5.41) is 2.74. The Labute approximate surface area is 152 Å². The number of carbonyl (C=O) groups excluding carboxylic acids is 1. The number of benzene rings is 1. The van der Waals surface area contributed by atoms with Crippen molar-refractivity contribution in [3.63, 3.8) is 0 Å². The molecule has 1 aliphatic rings. The predicted octanol–water partition coefficient (Wildman–Crippen LogP) is 1.35. The average Bonchev–Trinajstić information content (AvgIpc) is 3.15. The van der Waals surface area contributed by atoms with Gasteiger partial charge in [0.05, 0.1) is 17.5 Å². The first-order chi connectivity index (χ1) is 11.5. The van der Waals surface area contributed by atoms with Gasteiger partial charge in [-0.3, -0.25) is 14.3 Å². The number of amides is 1. The van der Waals surface area contributed by atoms with Crippen LogP contribution in [0.5, 0.6) is 0 Å². The van der Waals surface area contributed by atoms with Gasteiger partial charge in [-0.1, -0.05) is 18.2 Å². The summed E-state index contributed by atoms with van der Waals surface area (Å²) >= 11 is 0. The van der Waals surface area contributed by atoms with Crippen molar-refractivity contribution in [3.8, 4) is 5.69 Å². The summed E-state index contributed by atoms with van der Waals surface area (Å²) in [6, 6.07) is 9.30. The van der Waals surface area contributed by atoms with Gasteiger partial charge in [-0.25, -0.2) is 4.68 Å². The number of nitrogens with two attached hydrogens (primary N) is 1. The average molecular weight is 367 g/mol. The van der Waals surface area contributed by atoms with Gasteiger partial charge in [0, 0.05) is 13.6 Å². The van der Waals surface area contributed by atoms with E-state index in [2.05, 4.69) is 5.32 Å². The summed E-state index contributed by atoms with van der Waals surface area (Å²) in [5.41, 5.74) is 7.02. The van der Waals surface area contributed by atoms with Crippen LogP contribution < -0.4 is 16.6 Å². The quantitative estimate of drug-likeness (QED) is 0.854. The van der Waals surface area contributed by atoms with E-state index in [-0.39, 0.29) is 35.7 Å². The van der Waals surface area contributed by atoms with Gasteiger partial charge in [-0.05, 0) is 31.9 Å². The number of anilines is 1. The molecule has 1 amide bonds. The maximum atomic E-state index is 12.7. The molecule has 1 aromatic carbocycles. The molecule has 0 aliphatic carbocycles. The van der Waals surface area contributed by atoms with Crippen LogP contribution in [0.2, 0.25) is 0 Å². The van der Waals surface area contributed by atoms with Crippen LogP contribution in [0.1, 0.15) is 18.5 Å². The third kappa shape index (κ3) is 3.63. The zero-order valence-electron chi connectivity index (χ0n) is 14.3. The van der Waals surface area contributed by atoms with Crippen molar-refractivity contribution in [1.82, 2.24) is 9.36 Å². The SMILES string of the molecule is Cc1c(NC(=O)[C@@H]2CC[C@H](CN)O2)c(=O)n(-c2ccccc2)n1C.Cl. The fourth-order valence-corrected chi connectivity index (χ4v) is 2.99. The summed E-state index contributed by atoms with van der Waals surface area (Å²) in [4.78, 5) is 25.2. The molecule has 2 heterocycles. The van der Waals surface area contributed by atoms with Crippen LogP contribution >= 0.6 is 12.4 Å². The molecule has 7 nitrogen and oxygen atoms in total. The normalized spacial score (nSPS) is 19.5. The van der Waals surface area contributed by atoms with Crippen molar-refractivity contribution in [2.75, 3.05) is 11.9 Å². The van der Waals surface area contributed by atoms with Gasteiger partial charge in [0.2, 0.25) is 0 Å². The van der Waals surface area contributed by atoms with Crippen molar-refractivity contribution in [3.05, 3.63) is 46.4 Å². The fraction of sp³-hybridized carbons (Fsp3) is 0.412. The Morgan fingerprint density at radius 3 is 2.60 bits per heavy atom. The lowest BCUT2D eigenvalue weighted by Crippen LogP contribution is -2.31. The molecule has 0 bridgehead atoms. The smallest absolute Gasteiger partial charge is 0.295 e. The number of para-hydroxylation sites is 1. The predicted molar refractivity (Wildman–Crippen MR) is 98.6 cm³/mol. The molecule has 8 heteroatoms. The standard InChI is InChI=1S/C17H22N4O3.ClH/c1-11-15(19-16(22)14-9-8-13(10-18)24-14)17(23)21(20(11)2)12-6-4-3-5-7-12;/h3-7,13-14H,8-10,18H2,1-2H3,(H,19,22);1H/t13-,14+;/m1./s1. The summed E-state index contributed by atoms with van der Waals surface area (Å²) in [6.45, 7) is 2.20. The van der Waals surface area contributed by atoms with Crippen LogP contribution in [0.3, 0.4) is 0 Å². The molecule has 3 rings (SSSR count). The van der Waals surface area contributed by atoms with E-state index >= 15 is 0 Å². The third-order valence-corrected chi connectivity index (χ3v) is 4.47. The second-order valence-electron chi connectivity index (χ2n) is 5.99. The second-order valence-corrected chi connectivity index (χ2v) is 5.99. The summed E-state index contributed by atoms with van der Waals surface area (Å²) in [6.07, 6.45) is 0.740. The van der Waals surface area contributed by atoms with E-state index in [1.54, 1.807) is 18.7 Å². The van der Waals surface area contributed by atoms with Gasteiger partial charge in [0.25, 0.3) is 11.5 Å². The first kappa shape index (κ1) is 19.2. The maximum Gasteiger partial charge on any atom is 0.295 e. The number of hydrogen-bond donors (Lipinski definition) is 2. The number of hydrogen-bond acceptors (Lipinski definition) is 4. The van der Waals surface area contributed by atoms with Gasteiger partial charge < -0.3 is 15.8 Å². The Balaban J connectivity index is 0.00000225. The molecule has 0 radical (unpaired) electrons. The number of nitrogens with zero attached hydrogens (tertiary/aromatic N) is 2. The summed E-state index contributed by atoms with van der Waals surface area (Å²) in [5.74, 6) is -0.294. The molecule has 3 N–H and O–H groups in total. The molecular formula is C17H23ClN4O3. The molecular weight excluding hydrogens is 344 g/mol. The third-order valence-electron chi connectivity index (χ3n) is 4.47. The lowest BCUT2D eigenvalue weighted by molar-refractivity contribution is -0.126. The highest BCUT2D eigenvalue weighted by molar-refractivity contribution is 5.94. The molecule has 136 valence electrons. The summed E-state index contributed by atoms with van der Waals surface area (Å²) in [7, 11) is 1.79. The number of ether oxygens (including phenoxy) is 1. The fourth-order valence-electron chi connectivity index (χ4n) is 2.99. The maximum absolute atomic E-state index is 12.7. The van der Waals surface area contributed by atoms with E-state index < -0.39 is 6.10 Å². The monoisotopic (exact) mass is 366 g/mol. The molecule has 0 saturated carbocycles. The number of halogens is 1. The molecule has 1 aliphatic heterocycles. The number of nitrogens with one attached hydrogen (secondary N) is 1. The van der Waals surface area contributed by atoms with E-state index in [1.807, 2.05) is 30.3 Å². The van der Waals surface area contributed by atoms with Crippen LogP contribution in [0.15, 0.2) is 35.1 Å². The van der Waals surface area contributed by atoms with Crippen molar-refractivity contribution in [2.24, 2.45) is 12.8 Å². The molecule has 2 atom stereocenters. The van der Waals surface area contributed by atoms with Crippen LogP contribution in [0.25, 0.3) is 5.69 Å². The zero-order valence-corrected chi connectivity index (χ0v) is 15.1. The minimum absolute atomic E-state index is 0. The van der Waals surface area contributed by atoms with E-state index in [4.69, 9.17) is 10.5 Å². The number of rotatable bonds is 4. The minimum Gasteiger partial charge on any atom is -0.364 e. The Bertz CT molecular complexity index is 800. The van der Waals surface area contributed by atoms with Gasteiger partial charge in [-0.2, -0.15) is 0 Å². The highest BCUT2D eigenvalue weighted by Crippen LogP contribution is 2.21. The largest absolute Gasteiger partial charge is 0.364 e. The minimum atomic E-state index is -0.553. The number of carbonyl (C=O) groups is 1. The van der Waals surface area contributed by atoms with Gasteiger partial charge in [0.1, 0.15) is 11.8 Å². The molecule has 1 fully saturated rings. The highest BCUT2D eigenvalue weighted by atomic mass is 35.5. The van der Waals surface area contributed by atoms with Crippen molar-refractivity contribution in [1.29, 1.82) is 0 Å². The van der Waals surface area contributed by atoms with Gasteiger partial charge in [-0.15, -0.1) is 12.4 Å². The van der Waals surface area contributed by atoms with Crippen LogP contribution in [-0.2, 0) is 16.6 Å². The van der Waals surface area contributed by atoms with Crippen molar-refractivity contribution >= 4 is 24.0 Å². The molecule has 1 saturated heterocycles. The van der Waals surface area contributed by atoms with Gasteiger partial charge in [0.15, 0.2) is 0 Å². The topological polar surface area (TPSA) is 91.3 Å². The Morgan fingerprint density at radius 1 is 1.32 bits per heavy atom. The van der Waals surface area contributed by atoms with Crippen LogP contribution in [-0.4, -0.2) is 34.0 Å². The Hall–Kier alpha value is -2.09. The van der Waals surface area contributed by atoms with E-state index in [1.165, 1.54) is 4.68 Å².